The number of alkyl carbamates (subject to hydrolysis) is 1. The molecule has 0 bridgehead atoms. The third-order valence-electron chi connectivity index (χ3n) is 9.13. The van der Waals surface area contributed by atoms with Crippen LogP contribution in [0.25, 0.3) is 11.3 Å². The van der Waals surface area contributed by atoms with Crippen LogP contribution in [0.2, 0.25) is 0 Å². The second kappa shape index (κ2) is 10.3. The van der Waals surface area contributed by atoms with Crippen LogP contribution >= 0.6 is 0 Å². The fourth-order valence-corrected chi connectivity index (χ4v) is 6.16. The molecule has 0 radical (unpaired) electrons. The highest BCUT2D eigenvalue weighted by Gasteiger charge is 2.52. The third-order valence-corrected chi connectivity index (χ3v) is 9.13. The summed E-state index contributed by atoms with van der Waals surface area (Å²) in [5.74, 6) is 1.08. The molecule has 2 saturated heterocycles. The molecule has 1 aromatic carbocycles. The summed E-state index contributed by atoms with van der Waals surface area (Å²) in [7, 11) is 0.901. The van der Waals surface area contributed by atoms with Gasteiger partial charge >= 0.3 is 13.2 Å². The molecule has 5 rings (SSSR count). The highest BCUT2D eigenvalue weighted by Crippen LogP contribution is 2.47. The number of carbonyl (C=O) groups excluding carboxylic acids is 2. The second-order valence-electron chi connectivity index (χ2n) is 12.5. The van der Waals surface area contributed by atoms with E-state index in [-0.39, 0.29) is 23.9 Å². The van der Waals surface area contributed by atoms with Gasteiger partial charge in [0.15, 0.2) is 0 Å². The zero-order chi connectivity index (χ0) is 28.1. The molecule has 39 heavy (non-hydrogen) atoms. The van der Waals surface area contributed by atoms with Gasteiger partial charge in [-0.1, -0.05) is 44.5 Å². The molecule has 210 valence electrons. The number of carbonyl (C=O) groups is 2. The minimum atomic E-state index is -0.656. The number of hydrogen-bond donors (Lipinski definition) is 2. The maximum absolute atomic E-state index is 13.9. The van der Waals surface area contributed by atoms with Crippen molar-refractivity contribution in [2.45, 2.75) is 96.6 Å². The molecule has 0 spiro atoms. The van der Waals surface area contributed by atoms with Crippen molar-refractivity contribution in [1.82, 2.24) is 20.2 Å². The molecule has 1 unspecified atom stereocenters. The highest BCUT2D eigenvalue weighted by molar-refractivity contribution is 6.62. The standard InChI is InChI=1S/C29H41BN4O5/c1-17(2)24(33-27(36)37-7)26(35)34-22-10-8-9-19(22)15-23(34)25-31-16-21(32-25)18-11-13-20(14-12-18)30-38-28(3,4)29(5,6)39-30/h11-14,16-17,19,22-24H,8-10,15H2,1-7H3,(H,31,32)(H,33,36)/t19-,22-,23-,24?/m1/s1. The van der Waals surface area contributed by atoms with Gasteiger partial charge in [-0.15, -0.1) is 0 Å². The van der Waals surface area contributed by atoms with Crippen LogP contribution in [0.5, 0.6) is 0 Å². The highest BCUT2D eigenvalue weighted by atomic mass is 16.7. The average Bonchev–Trinajstić information content (AvgIpc) is 3.64. The first-order valence-corrected chi connectivity index (χ1v) is 14.1. The number of imidazole rings is 1. The van der Waals surface area contributed by atoms with E-state index in [1.165, 1.54) is 7.11 Å². The molecule has 1 aliphatic carbocycles. The van der Waals surface area contributed by atoms with Gasteiger partial charge in [0.1, 0.15) is 11.9 Å². The van der Waals surface area contributed by atoms with E-state index >= 15 is 0 Å². The van der Waals surface area contributed by atoms with Crippen molar-refractivity contribution in [2.75, 3.05) is 7.11 Å². The summed E-state index contributed by atoms with van der Waals surface area (Å²) in [6.45, 7) is 12.1. The van der Waals surface area contributed by atoms with Crippen molar-refractivity contribution >= 4 is 24.6 Å². The molecule has 2 amide bonds. The first kappa shape index (κ1) is 27.7. The molecule has 2 N–H and O–H groups in total. The molecule has 2 aromatic rings. The van der Waals surface area contributed by atoms with Gasteiger partial charge in [0.25, 0.3) is 0 Å². The molecule has 2 aliphatic heterocycles. The fraction of sp³-hybridized carbons (Fsp3) is 0.621. The molecule has 3 aliphatic rings. The van der Waals surface area contributed by atoms with E-state index in [0.717, 1.165) is 48.2 Å². The Morgan fingerprint density at radius 3 is 2.41 bits per heavy atom. The number of ether oxygens (including phenoxy) is 1. The summed E-state index contributed by atoms with van der Waals surface area (Å²) >= 11 is 0. The lowest BCUT2D eigenvalue weighted by atomic mass is 9.79. The Kier molecular flexibility index (Phi) is 7.31. The number of nitrogens with one attached hydrogen (secondary N) is 2. The Morgan fingerprint density at radius 1 is 1.13 bits per heavy atom. The molecular weight excluding hydrogens is 495 g/mol. The minimum absolute atomic E-state index is 0.0699. The predicted molar refractivity (Wildman–Crippen MR) is 149 cm³/mol. The van der Waals surface area contributed by atoms with Crippen molar-refractivity contribution in [3.05, 3.63) is 36.3 Å². The number of methoxy groups -OCH3 is 1. The van der Waals surface area contributed by atoms with Crippen LogP contribution in [0.3, 0.4) is 0 Å². The van der Waals surface area contributed by atoms with Crippen LogP contribution in [-0.2, 0) is 18.8 Å². The van der Waals surface area contributed by atoms with E-state index in [0.29, 0.717) is 5.92 Å². The number of amides is 2. The zero-order valence-electron chi connectivity index (χ0n) is 24.1. The fourth-order valence-electron chi connectivity index (χ4n) is 6.16. The number of H-pyrrole nitrogens is 1. The molecular formula is C29H41BN4O5. The zero-order valence-corrected chi connectivity index (χ0v) is 24.1. The summed E-state index contributed by atoms with van der Waals surface area (Å²) in [6, 6.07) is 7.45. The number of benzene rings is 1. The molecule has 3 fully saturated rings. The van der Waals surface area contributed by atoms with Crippen LogP contribution in [0.4, 0.5) is 4.79 Å². The number of rotatable bonds is 6. The summed E-state index contributed by atoms with van der Waals surface area (Å²) < 4.78 is 17.2. The van der Waals surface area contributed by atoms with Gasteiger partial charge < -0.3 is 29.2 Å². The smallest absolute Gasteiger partial charge is 0.453 e. The Bertz CT molecular complexity index is 1190. The number of aromatic nitrogens is 2. The lowest BCUT2D eigenvalue weighted by Crippen LogP contribution is -2.53. The minimum Gasteiger partial charge on any atom is -0.453 e. The van der Waals surface area contributed by atoms with Gasteiger partial charge in [-0.3, -0.25) is 4.79 Å². The molecule has 10 heteroatoms. The molecule has 1 aromatic heterocycles. The maximum atomic E-state index is 13.9. The lowest BCUT2D eigenvalue weighted by Gasteiger charge is -2.33. The maximum Gasteiger partial charge on any atom is 0.494 e. The van der Waals surface area contributed by atoms with Gasteiger partial charge in [0, 0.05) is 17.8 Å². The van der Waals surface area contributed by atoms with Crippen molar-refractivity contribution in [1.29, 1.82) is 0 Å². The van der Waals surface area contributed by atoms with Crippen molar-refractivity contribution < 1.29 is 23.6 Å². The summed E-state index contributed by atoms with van der Waals surface area (Å²) in [4.78, 5) is 36.2. The summed E-state index contributed by atoms with van der Waals surface area (Å²) in [6.07, 6.45) is 5.38. The number of fused-ring (bicyclic) bond motifs is 1. The first-order valence-electron chi connectivity index (χ1n) is 14.1. The summed E-state index contributed by atoms with van der Waals surface area (Å²) in [5.41, 5.74) is 1.98. The monoisotopic (exact) mass is 536 g/mol. The van der Waals surface area contributed by atoms with Crippen LogP contribution < -0.4 is 10.8 Å². The van der Waals surface area contributed by atoms with Crippen LogP contribution in [0, 0.1) is 11.8 Å². The molecule has 3 heterocycles. The van der Waals surface area contributed by atoms with E-state index in [4.69, 9.17) is 19.0 Å². The van der Waals surface area contributed by atoms with Crippen LogP contribution in [0.15, 0.2) is 30.5 Å². The summed E-state index contributed by atoms with van der Waals surface area (Å²) in [5, 5.41) is 2.76. The molecule has 9 nitrogen and oxygen atoms in total. The Morgan fingerprint density at radius 2 is 1.79 bits per heavy atom. The lowest BCUT2D eigenvalue weighted by molar-refractivity contribution is -0.137. The van der Waals surface area contributed by atoms with Gasteiger partial charge in [-0.25, -0.2) is 9.78 Å². The van der Waals surface area contributed by atoms with Crippen LogP contribution in [0.1, 0.15) is 79.1 Å². The quantitative estimate of drug-likeness (QED) is 0.537. The first-order chi connectivity index (χ1) is 18.4. The van der Waals surface area contributed by atoms with Gasteiger partial charge in [-0.2, -0.15) is 0 Å². The molecule has 4 atom stereocenters. The SMILES string of the molecule is COC(=O)NC(C(=O)N1[C@@H](c2nc(-c3ccc(B4OC(C)(C)C(C)(C)O4)cc3)c[nH]2)C[C@H]2CCC[C@H]21)C(C)C. The van der Waals surface area contributed by atoms with E-state index in [2.05, 4.69) is 10.3 Å². The second-order valence-corrected chi connectivity index (χ2v) is 12.5. The van der Waals surface area contributed by atoms with Crippen molar-refractivity contribution in [2.24, 2.45) is 11.8 Å². The third kappa shape index (κ3) is 5.09. The number of hydrogen-bond acceptors (Lipinski definition) is 6. The Labute approximate surface area is 231 Å². The number of nitrogens with zero attached hydrogens (tertiary/aromatic N) is 2. The van der Waals surface area contributed by atoms with E-state index in [1.807, 2.05) is 76.9 Å². The average molecular weight is 536 g/mol. The van der Waals surface area contributed by atoms with E-state index in [9.17, 15) is 9.59 Å². The van der Waals surface area contributed by atoms with Gasteiger partial charge in [-0.05, 0) is 64.3 Å². The number of likely N-dealkylation sites (tertiary alicyclic amines) is 1. The topological polar surface area (TPSA) is 106 Å². The largest absolute Gasteiger partial charge is 0.494 e. The normalized spacial score (nSPS) is 26.1. The van der Waals surface area contributed by atoms with E-state index < -0.39 is 30.5 Å². The molecule has 1 saturated carbocycles. The number of aromatic amines is 1. The predicted octanol–water partition coefficient (Wildman–Crippen LogP) is 4.20. The van der Waals surface area contributed by atoms with Crippen molar-refractivity contribution in [3.8, 4) is 11.3 Å². The van der Waals surface area contributed by atoms with Gasteiger partial charge in [0.05, 0.1) is 30.0 Å². The van der Waals surface area contributed by atoms with Crippen LogP contribution in [-0.4, -0.2) is 64.4 Å². The van der Waals surface area contributed by atoms with Gasteiger partial charge in [0.2, 0.25) is 5.91 Å². The Hall–Kier alpha value is -2.85. The van der Waals surface area contributed by atoms with E-state index in [1.54, 1.807) is 0 Å². The Balaban J connectivity index is 1.36. The van der Waals surface area contributed by atoms with Crippen molar-refractivity contribution in [3.63, 3.8) is 0 Å².